The topological polar surface area (TPSA) is 56.1 Å². The Morgan fingerprint density at radius 3 is 2.46 bits per heavy atom. The van der Waals surface area contributed by atoms with Gasteiger partial charge in [-0.05, 0) is 56.7 Å². The largest absolute Gasteiger partial charge is 0.507 e. The molecule has 1 saturated heterocycles. The third-order valence-electron chi connectivity index (χ3n) is 4.73. The monoisotopic (exact) mass is 351 g/mol. The summed E-state index contributed by atoms with van der Waals surface area (Å²) in [6, 6.07) is 13.3. The van der Waals surface area contributed by atoms with E-state index in [1.165, 1.54) is 0 Å². The second-order valence-corrected chi connectivity index (χ2v) is 6.34. The summed E-state index contributed by atoms with van der Waals surface area (Å²) < 4.78 is 0. The number of aromatic hydroxyl groups is 1. The third kappa shape index (κ3) is 3.87. The van der Waals surface area contributed by atoms with Gasteiger partial charge in [0.2, 0.25) is 5.91 Å². The Morgan fingerprint density at radius 1 is 1.15 bits per heavy atom. The maximum absolute atomic E-state index is 11.8. The molecule has 3 rings (SSSR count). The summed E-state index contributed by atoms with van der Waals surface area (Å²) in [6.07, 6.45) is 3.21. The van der Waals surface area contributed by atoms with Gasteiger partial charge >= 0.3 is 0 Å². The Bertz CT molecular complexity index is 795. The van der Waals surface area contributed by atoms with Crippen LogP contribution in [0.4, 0.5) is 17.1 Å². The number of phenolic OH excluding ortho intramolecular Hbond substituents is 1. The highest BCUT2D eigenvalue weighted by Gasteiger charge is 2.21. The third-order valence-corrected chi connectivity index (χ3v) is 4.73. The van der Waals surface area contributed by atoms with E-state index in [1.807, 2.05) is 41.3 Å². The molecule has 0 unspecified atom stereocenters. The number of anilines is 2. The van der Waals surface area contributed by atoms with Crippen molar-refractivity contribution in [2.45, 2.75) is 26.7 Å². The van der Waals surface area contributed by atoms with Gasteiger partial charge in [0.25, 0.3) is 0 Å². The van der Waals surface area contributed by atoms with Crippen molar-refractivity contribution in [1.29, 1.82) is 0 Å². The molecule has 2 aromatic carbocycles. The summed E-state index contributed by atoms with van der Waals surface area (Å²) in [5, 5.41) is 10.3. The fourth-order valence-electron chi connectivity index (χ4n) is 3.21. The van der Waals surface area contributed by atoms with E-state index in [-0.39, 0.29) is 11.7 Å². The number of hydrogen-bond acceptors (Lipinski definition) is 4. The average molecular weight is 351 g/mol. The van der Waals surface area contributed by atoms with Gasteiger partial charge in [-0.25, -0.2) is 0 Å². The van der Waals surface area contributed by atoms with Crippen molar-refractivity contribution >= 4 is 29.2 Å². The van der Waals surface area contributed by atoms with Crippen molar-refractivity contribution < 1.29 is 9.90 Å². The molecule has 136 valence electrons. The van der Waals surface area contributed by atoms with Gasteiger partial charge in [-0.3, -0.25) is 9.79 Å². The van der Waals surface area contributed by atoms with E-state index in [1.54, 1.807) is 12.3 Å². The summed E-state index contributed by atoms with van der Waals surface area (Å²) >= 11 is 0. The van der Waals surface area contributed by atoms with Crippen LogP contribution < -0.4 is 9.80 Å². The first-order chi connectivity index (χ1) is 12.6. The Morgan fingerprint density at radius 2 is 1.88 bits per heavy atom. The molecule has 0 radical (unpaired) electrons. The van der Waals surface area contributed by atoms with E-state index in [0.29, 0.717) is 12.0 Å². The number of carbonyl (C=O) groups is 1. The molecular formula is C21H25N3O2. The molecule has 1 aliphatic heterocycles. The number of amides is 1. The van der Waals surface area contributed by atoms with Crippen molar-refractivity contribution in [3.8, 4) is 5.75 Å². The van der Waals surface area contributed by atoms with Gasteiger partial charge in [0.1, 0.15) is 5.75 Å². The van der Waals surface area contributed by atoms with Gasteiger partial charge in [0.15, 0.2) is 0 Å². The highest BCUT2D eigenvalue weighted by atomic mass is 16.3. The molecule has 0 bridgehead atoms. The summed E-state index contributed by atoms with van der Waals surface area (Å²) in [5.74, 6) is 0.400. The second kappa shape index (κ2) is 8.04. The molecule has 0 saturated carbocycles. The molecule has 26 heavy (non-hydrogen) atoms. The molecular weight excluding hydrogens is 326 g/mol. The SMILES string of the molecule is CCN(CC)c1ccc(C=Nc2ccc(N3CCCC3=O)cc2)c(O)c1. The Labute approximate surface area is 154 Å². The molecule has 0 aromatic heterocycles. The number of rotatable bonds is 6. The Hall–Kier alpha value is -2.82. The van der Waals surface area contributed by atoms with Gasteiger partial charge in [-0.1, -0.05) is 0 Å². The molecule has 0 spiro atoms. The van der Waals surface area contributed by atoms with E-state index in [4.69, 9.17) is 0 Å². The first-order valence-corrected chi connectivity index (χ1v) is 9.14. The van der Waals surface area contributed by atoms with Crippen molar-refractivity contribution in [1.82, 2.24) is 0 Å². The minimum atomic E-state index is 0.180. The molecule has 0 aliphatic carbocycles. The van der Waals surface area contributed by atoms with E-state index in [2.05, 4.69) is 23.7 Å². The van der Waals surface area contributed by atoms with Crippen LogP contribution in [0.5, 0.6) is 5.75 Å². The highest BCUT2D eigenvalue weighted by molar-refractivity contribution is 5.95. The molecule has 1 amide bonds. The molecule has 1 N–H and O–H groups in total. The normalized spacial score (nSPS) is 14.4. The van der Waals surface area contributed by atoms with Gasteiger partial charge in [0.05, 0.1) is 5.69 Å². The molecule has 1 fully saturated rings. The van der Waals surface area contributed by atoms with Crippen molar-refractivity contribution in [3.05, 3.63) is 48.0 Å². The lowest BCUT2D eigenvalue weighted by molar-refractivity contribution is -0.117. The van der Waals surface area contributed by atoms with E-state index >= 15 is 0 Å². The molecule has 5 nitrogen and oxygen atoms in total. The number of phenols is 1. The Kier molecular flexibility index (Phi) is 5.56. The molecule has 2 aromatic rings. The van der Waals surface area contributed by atoms with Crippen LogP contribution in [-0.2, 0) is 4.79 Å². The zero-order valence-electron chi connectivity index (χ0n) is 15.4. The molecule has 1 heterocycles. The van der Waals surface area contributed by atoms with Crippen molar-refractivity contribution in [2.24, 2.45) is 4.99 Å². The summed E-state index contributed by atoms with van der Waals surface area (Å²) in [4.78, 5) is 20.2. The van der Waals surface area contributed by atoms with Crippen LogP contribution in [0, 0.1) is 0 Å². The predicted molar refractivity (Wildman–Crippen MR) is 107 cm³/mol. The number of nitrogens with zero attached hydrogens (tertiary/aromatic N) is 3. The molecule has 1 aliphatic rings. The Balaban J connectivity index is 1.72. The van der Waals surface area contributed by atoms with Crippen LogP contribution in [0.25, 0.3) is 0 Å². The summed E-state index contributed by atoms with van der Waals surface area (Å²) in [5.41, 5.74) is 3.38. The summed E-state index contributed by atoms with van der Waals surface area (Å²) in [7, 11) is 0. The fourth-order valence-corrected chi connectivity index (χ4v) is 3.21. The summed E-state index contributed by atoms with van der Waals surface area (Å²) in [6.45, 7) is 6.77. The average Bonchev–Trinajstić information content (AvgIpc) is 3.08. The number of aliphatic imine (C=N–C) groups is 1. The van der Waals surface area contributed by atoms with E-state index in [9.17, 15) is 9.90 Å². The van der Waals surface area contributed by atoms with E-state index < -0.39 is 0 Å². The number of carbonyl (C=O) groups excluding carboxylic acids is 1. The van der Waals surface area contributed by atoms with Gasteiger partial charge in [0, 0.05) is 55.3 Å². The lowest BCUT2D eigenvalue weighted by Crippen LogP contribution is -2.23. The van der Waals surface area contributed by atoms with Crippen LogP contribution in [-0.4, -0.2) is 36.9 Å². The fraction of sp³-hybridized carbons (Fsp3) is 0.333. The highest BCUT2D eigenvalue weighted by Crippen LogP contribution is 2.26. The van der Waals surface area contributed by atoms with Crippen molar-refractivity contribution in [2.75, 3.05) is 29.4 Å². The van der Waals surface area contributed by atoms with Crippen LogP contribution >= 0.6 is 0 Å². The van der Waals surface area contributed by atoms with E-state index in [0.717, 1.165) is 43.1 Å². The van der Waals surface area contributed by atoms with Gasteiger partial charge in [-0.15, -0.1) is 0 Å². The van der Waals surface area contributed by atoms with Crippen LogP contribution in [0.2, 0.25) is 0 Å². The van der Waals surface area contributed by atoms with Gasteiger partial charge < -0.3 is 14.9 Å². The van der Waals surface area contributed by atoms with Gasteiger partial charge in [-0.2, -0.15) is 0 Å². The predicted octanol–water partition coefficient (Wildman–Crippen LogP) is 4.12. The lowest BCUT2D eigenvalue weighted by Gasteiger charge is -2.21. The minimum absolute atomic E-state index is 0.180. The van der Waals surface area contributed by atoms with Crippen LogP contribution in [0.1, 0.15) is 32.3 Å². The minimum Gasteiger partial charge on any atom is -0.507 e. The molecule has 0 atom stereocenters. The molecule has 5 heteroatoms. The number of benzene rings is 2. The van der Waals surface area contributed by atoms with Crippen LogP contribution in [0.15, 0.2) is 47.5 Å². The number of hydrogen-bond donors (Lipinski definition) is 1. The second-order valence-electron chi connectivity index (χ2n) is 6.34. The smallest absolute Gasteiger partial charge is 0.227 e. The zero-order valence-corrected chi connectivity index (χ0v) is 15.4. The van der Waals surface area contributed by atoms with Crippen molar-refractivity contribution in [3.63, 3.8) is 0 Å². The lowest BCUT2D eigenvalue weighted by atomic mass is 10.1. The first kappa shape index (κ1) is 18.0. The first-order valence-electron chi connectivity index (χ1n) is 9.14. The standard InChI is InChI=1S/C21H25N3O2/c1-3-23(4-2)19-10-7-16(20(25)14-19)15-22-17-8-11-18(12-9-17)24-13-5-6-21(24)26/h7-12,14-15,25H,3-6,13H2,1-2H3. The quantitative estimate of drug-likeness (QED) is 0.797. The maximum Gasteiger partial charge on any atom is 0.227 e. The van der Waals surface area contributed by atoms with Crippen LogP contribution in [0.3, 0.4) is 0 Å². The zero-order chi connectivity index (χ0) is 18.5. The maximum atomic E-state index is 11.8.